The number of carbonyl (C=O) groups is 4. The van der Waals surface area contributed by atoms with Crippen molar-refractivity contribution in [3.8, 4) is 16.9 Å². The Kier molecular flexibility index (Phi) is 10.8. The summed E-state index contributed by atoms with van der Waals surface area (Å²) in [4.78, 5) is 48.3. The number of benzene rings is 1. The zero-order valence-corrected chi connectivity index (χ0v) is 26.0. The number of nitrogens with one attached hydrogen (secondary N) is 1. The van der Waals surface area contributed by atoms with Gasteiger partial charge in [0.1, 0.15) is 4.88 Å². The molecule has 1 fully saturated rings. The predicted octanol–water partition coefficient (Wildman–Crippen LogP) is 7.49. The summed E-state index contributed by atoms with van der Waals surface area (Å²) in [5.74, 6) is -3.09. The quantitative estimate of drug-likeness (QED) is 0.146. The molecule has 3 heterocycles. The minimum absolute atomic E-state index is 0.0121. The first-order valence-electron chi connectivity index (χ1n) is 13.7. The van der Waals surface area contributed by atoms with Crippen molar-refractivity contribution in [1.82, 2.24) is 5.32 Å². The smallest absolute Gasteiger partial charge is 0.349 e. The molecule has 10 nitrogen and oxygen atoms in total. The van der Waals surface area contributed by atoms with Crippen LogP contribution in [0.5, 0.6) is 5.75 Å². The first-order chi connectivity index (χ1) is 20.6. The van der Waals surface area contributed by atoms with Crippen LogP contribution in [0.25, 0.3) is 20.5 Å². The van der Waals surface area contributed by atoms with E-state index in [9.17, 15) is 24.3 Å². The molecule has 0 radical (unpaired) electrons. The van der Waals surface area contributed by atoms with Crippen molar-refractivity contribution in [1.29, 1.82) is 0 Å². The number of ether oxygens (including phenoxy) is 1. The molecule has 0 atom stereocenters. The van der Waals surface area contributed by atoms with Crippen LogP contribution in [0.15, 0.2) is 47.2 Å². The molecule has 1 aliphatic carbocycles. The Morgan fingerprint density at radius 1 is 0.977 bits per heavy atom. The molecule has 1 aliphatic rings. The number of urea groups is 1. The topological polar surface area (TPSA) is 153 Å². The highest BCUT2D eigenvalue weighted by Gasteiger charge is 2.28. The van der Waals surface area contributed by atoms with Gasteiger partial charge in [0.25, 0.3) is 0 Å². The number of hydrogen-bond donors (Lipinski definition) is 4. The van der Waals surface area contributed by atoms with Gasteiger partial charge in [-0.05, 0) is 55.8 Å². The van der Waals surface area contributed by atoms with Crippen LogP contribution >= 0.6 is 34.0 Å². The molecule has 0 bridgehead atoms. The van der Waals surface area contributed by atoms with Crippen LogP contribution in [-0.4, -0.2) is 57.9 Å². The van der Waals surface area contributed by atoms with Crippen LogP contribution in [0.4, 0.5) is 10.5 Å². The average Bonchev–Trinajstić information content (AvgIpc) is 3.71. The third kappa shape index (κ3) is 7.92. The summed E-state index contributed by atoms with van der Waals surface area (Å²) in [6, 6.07) is 11.0. The van der Waals surface area contributed by atoms with E-state index in [1.54, 1.807) is 17.5 Å². The SMILES string of the molecule is CC(C)NC(=O)N(c1cccc(-c2csc3c(OCC(=O)O)c(C(=O)O)sc23)c1)C1CCCCC1.O=C(O)c1cccs1. The van der Waals surface area contributed by atoms with Gasteiger partial charge < -0.3 is 25.4 Å². The maximum Gasteiger partial charge on any atom is 0.349 e. The lowest BCUT2D eigenvalue weighted by Gasteiger charge is -2.35. The number of aromatic carboxylic acids is 2. The van der Waals surface area contributed by atoms with E-state index in [1.807, 2.05) is 48.4 Å². The van der Waals surface area contributed by atoms with Crippen LogP contribution in [0.2, 0.25) is 0 Å². The third-order valence-corrected chi connectivity index (χ3v) is 9.79. The Balaban J connectivity index is 0.000000458. The van der Waals surface area contributed by atoms with Gasteiger partial charge in [0.15, 0.2) is 17.2 Å². The molecular weight excluding hydrogens is 613 g/mol. The first-order valence-corrected chi connectivity index (χ1v) is 16.2. The summed E-state index contributed by atoms with van der Waals surface area (Å²) in [5.41, 5.74) is 2.48. The number of fused-ring (bicyclic) bond motifs is 1. The molecular formula is C30H32N2O8S3. The molecule has 1 saturated carbocycles. The van der Waals surface area contributed by atoms with E-state index in [-0.39, 0.29) is 28.7 Å². The Hall–Kier alpha value is -3.94. The molecule has 1 aromatic carbocycles. The highest BCUT2D eigenvalue weighted by Crippen LogP contribution is 2.47. The summed E-state index contributed by atoms with van der Waals surface area (Å²) in [6.07, 6.45) is 5.27. The number of rotatable bonds is 9. The van der Waals surface area contributed by atoms with Crippen LogP contribution in [-0.2, 0) is 4.79 Å². The van der Waals surface area contributed by atoms with Gasteiger partial charge in [-0.25, -0.2) is 19.2 Å². The fourth-order valence-electron chi connectivity index (χ4n) is 4.83. The Morgan fingerprint density at radius 2 is 1.72 bits per heavy atom. The fourth-order valence-corrected chi connectivity index (χ4v) is 7.80. The second kappa shape index (κ2) is 14.5. The lowest BCUT2D eigenvalue weighted by Crippen LogP contribution is -2.49. The van der Waals surface area contributed by atoms with E-state index in [4.69, 9.17) is 14.9 Å². The number of hydrogen-bond acceptors (Lipinski definition) is 8. The minimum atomic E-state index is -1.17. The lowest BCUT2D eigenvalue weighted by atomic mass is 9.93. The van der Waals surface area contributed by atoms with Gasteiger partial charge in [-0.1, -0.05) is 37.5 Å². The summed E-state index contributed by atoms with van der Waals surface area (Å²) < 4.78 is 6.68. The molecule has 3 aromatic heterocycles. The summed E-state index contributed by atoms with van der Waals surface area (Å²) in [6.45, 7) is 3.27. The Labute approximate surface area is 260 Å². The van der Waals surface area contributed by atoms with E-state index in [0.29, 0.717) is 9.58 Å². The van der Waals surface area contributed by atoms with Crippen molar-refractivity contribution < 1.29 is 39.2 Å². The summed E-state index contributed by atoms with van der Waals surface area (Å²) in [5, 5.41) is 33.6. The maximum atomic E-state index is 13.2. The van der Waals surface area contributed by atoms with Gasteiger partial charge in [-0.3, -0.25) is 4.90 Å². The molecule has 4 N–H and O–H groups in total. The maximum absolute atomic E-state index is 13.2. The van der Waals surface area contributed by atoms with Crippen molar-refractivity contribution in [3.05, 3.63) is 56.9 Å². The predicted molar refractivity (Wildman–Crippen MR) is 170 cm³/mol. The Bertz CT molecular complexity index is 1590. The van der Waals surface area contributed by atoms with Gasteiger partial charge in [-0.2, -0.15) is 0 Å². The molecule has 4 aromatic rings. The standard InChI is InChI=1S/C25H28N2O6S2.C5H4O2S/c1-14(2)26-25(32)27(16-8-4-3-5-9-16)17-10-6-7-15(11-17)18-13-34-22-20(33-12-19(28)29)23(24(30)31)35-21(18)22;6-5(7)4-2-1-3-8-4/h6-7,10-11,13-14,16H,3-5,8-9,12H2,1-2H3,(H,26,32)(H,28,29)(H,30,31);1-3H,(H,6,7). The van der Waals surface area contributed by atoms with Crippen molar-refractivity contribution in [2.45, 2.75) is 58.0 Å². The highest BCUT2D eigenvalue weighted by atomic mass is 32.1. The van der Waals surface area contributed by atoms with Crippen LogP contribution in [0.3, 0.4) is 0 Å². The number of carboxylic acid groups (broad SMARTS) is 3. The van der Waals surface area contributed by atoms with Crippen molar-refractivity contribution in [2.24, 2.45) is 0 Å². The van der Waals surface area contributed by atoms with Crippen LogP contribution in [0.1, 0.15) is 65.3 Å². The van der Waals surface area contributed by atoms with Gasteiger partial charge in [-0.15, -0.1) is 34.0 Å². The monoisotopic (exact) mass is 644 g/mol. The molecule has 13 heteroatoms. The second-order valence-electron chi connectivity index (χ2n) is 10.2. The molecule has 0 spiro atoms. The van der Waals surface area contributed by atoms with Gasteiger partial charge in [0.2, 0.25) is 0 Å². The lowest BCUT2D eigenvalue weighted by molar-refractivity contribution is -0.139. The fraction of sp³-hybridized carbons (Fsp3) is 0.333. The number of amides is 2. The van der Waals surface area contributed by atoms with E-state index in [1.165, 1.54) is 29.1 Å². The van der Waals surface area contributed by atoms with Gasteiger partial charge in [0, 0.05) is 28.7 Å². The number of thiophene rings is 3. The normalized spacial score (nSPS) is 13.3. The molecule has 0 aliphatic heterocycles. The first kappa shape index (κ1) is 32.0. The third-order valence-electron chi connectivity index (χ3n) is 6.63. The number of aliphatic carboxylic acids is 1. The Morgan fingerprint density at radius 3 is 2.30 bits per heavy atom. The highest BCUT2D eigenvalue weighted by molar-refractivity contribution is 7.29. The number of anilines is 1. The number of nitrogens with zero attached hydrogens (tertiary/aromatic N) is 1. The number of carbonyl (C=O) groups excluding carboxylic acids is 1. The largest absolute Gasteiger partial charge is 0.479 e. The molecule has 5 rings (SSSR count). The summed E-state index contributed by atoms with van der Waals surface area (Å²) in [7, 11) is 0. The number of carboxylic acids is 3. The summed E-state index contributed by atoms with van der Waals surface area (Å²) >= 11 is 3.62. The average molecular weight is 645 g/mol. The second-order valence-corrected chi connectivity index (χ2v) is 13.0. The minimum Gasteiger partial charge on any atom is -0.479 e. The molecule has 2 amide bonds. The zero-order chi connectivity index (χ0) is 31.1. The van der Waals surface area contributed by atoms with Crippen molar-refractivity contribution in [2.75, 3.05) is 11.5 Å². The molecule has 0 saturated heterocycles. The van der Waals surface area contributed by atoms with E-state index in [2.05, 4.69) is 5.32 Å². The van der Waals surface area contributed by atoms with E-state index < -0.39 is 24.5 Å². The van der Waals surface area contributed by atoms with Crippen molar-refractivity contribution >= 4 is 73.0 Å². The molecule has 0 unspecified atom stereocenters. The molecule has 228 valence electrons. The van der Waals surface area contributed by atoms with Crippen LogP contribution < -0.4 is 15.0 Å². The van der Waals surface area contributed by atoms with Crippen LogP contribution in [0, 0.1) is 0 Å². The molecule has 43 heavy (non-hydrogen) atoms. The van der Waals surface area contributed by atoms with E-state index >= 15 is 0 Å². The van der Waals surface area contributed by atoms with Crippen molar-refractivity contribution in [3.63, 3.8) is 0 Å². The van der Waals surface area contributed by atoms with Gasteiger partial charge in [0.05, 0.1) is 9.40 Å². The van der Waals surface area contributed by atoms with E-state index in [0.717, 1.165) is 58.5 Å². The van der Waals surface area contributed by atoms with Gasteiger partial charge >= 0.3 is 23.9 Å². The zero-order valence-electron chi connectivity index (χ0n) is 23.6.